The van der Waals surface area contributed by atoms with Crippen LogP contribution in [0.2, 0.25) is 0 Å². The van der Waals surface area contributed by atoms with Crippen LogP contribution in [0.25, 0.3) is 0 Å². The van der Waals surface area contributed by atoms with Gasteiger partial charge in [0, 0.05) is 5.54 Å². The van der Waals surface area contributed by atoms with Crippen molar-refractivity contribution >= 4 is 0 Å². The molecule has 3 nitrogen and oxygen atoms in total. The van der Waals surface area contributed by atoms with Crippen molar-refractivity contribution in [3.8, 4) is 5.75 Å². The van der Waals surface area contributed by atoms with Crippen LogP contribution in [-0.4, -0.2) is 19.2 Å². The average Bonchev–Trinajstić information content (AvgIpc) is 3.01. The lowest BCUT2D eigenvalue weighted by Crippen LogP contribution is -2.38. The number of nitrogens with one attached hydrogen (secondary N) is 1. The SMILES string of the molecule is CCOc1ccc(C(NC)C2(N)CC2)cc1. The number of hydrogen-bond acceptors (Lipinski definition) is 3. The second-order valence-corrected chi connectivity index (χ2v) is 4.46. The molecule has 3 N–H and O–H groups in total. The van der Waals surface area contributed by atoms with Gasteiger partial charge in [0.05, 0.1) is 12.6 Å². The van der Waals surface area contributed by atoms with Crippen molar-refractivity contribution in [2.45, 2.75) is 31.3 Å². The molecule has 0 radical (unpaired) electrons. The number of nitrogens with two attached hydrogens (primary N) is 1. The van der Waals surface area contributed by atoms with Crippen LogP contribution < -0.4 is 15.8 Å². The summed E-state index contributed by atoms with van der Waals surface area (Å²) >= 11 is 0. The van der Waals surface area contributed by atoms with Gasteiger partial charge in [-0.25, -0.2) is 0 Å². The second kappa shape index (κ2) is 4.44. The Morgan fingerprint density at radius 3 is 2.44 bits per heavy atom. The summed E-state index contributed by atoms with van der Waals surface area (Å²) in [6, 6.07) is 8.46. The van der Waals surface area contributed by atoms with Crippen molar-refractivity contribution in [2.24, 2.45) is 5.73 Å². The topological polar surface area (TPSA) is 47.3 Å². The molecule has 88 valence electrons. The molecule has 2 rings (SSSR count). The van der Waals surface area contributed by atoms with Crippen LogP contribution in [0.1, 0.15) is 31.4 Å². The molecule has 1 aromatic rings. The zero-order chi connectivity index (χ0) is 11.6. The molecule has 1 atom stereocenters. The quantitative estimate of drug-likeness (QED) is 0.796. The minimum Gasteiger partial charge on any atom is -0.494 e. The summed E-state index contributed by atoms with van der Waals surface area (Å²) in [5.41, 5.74) is 7.44. The van der Waals surface area contributed by atoms with Gasteiger partial charge in [-0.1, -0.05) is 12.1 Å². The molecule has 1 fully saturated rings. The van der Waals surface area contributed by atoms with Crippen LogP contribution in [-0.2, 0) is 0 Å². The maximum Gasteiger partial charge on any atom is 0.119 e. The lowest BCUT2D eigenvalue weighted by atomic mass is 9.98. The zero-order valence-corrected chi connectivity index (χ0v) is 9.99. The zero-order valence-electron chi connectivity index (χ0n) is 9.99. The smallest absolute Gasteiger partial charge is 0.119 e. The first-order valence-electron chi connectivity index (χ1n) is 5.88. The third-order valence-electron chi connectivity index (χ3n) is 3.22. The third kappa shape index (κ3) is 2.20. The monoisotopic (exact) mass is 220 g/mol. The molecular weight excluding hydrogens is 200 g/mol. The summed E-state index contributed by atoms with van der Waals surface area (Å²) in [7, 11) is 1.97. The minimum atomic E-state index is -0.0398. The van der Waals surface area contributed by atoms with Gasteiger partial charge in [0.1, 0.15) is 5.75 Å². The van der Waals surface area contributed by atoms with Gasteiger partial charge in [-0.3, -0.25) is 0 Å². The summed E-state index contributed by atoms with van der Waals surface area (Å²) in [5.74, 6) is 0.919. The number of hydrogen-bond donors (Lipinski definition) is 2. The predicted molar refractivity (Wildman–Crippen MR) is 65.6 cm³/mol. The molecule has 0 heterocycles. The van der Waals surface area contributed by atoms with Gasteiger partial charge in [0.15, 0.2) is 0 Å². The first-order valence-corrected chi connectivity index (χ1v) is 5.88. The fourth-order valence-corrected chi connectivity index (χ4v) is 2.14. The molecule has 1 aliphatic rings. The summed E-state index contributed by atoms with van der Waals surface area (Å²) in [6.07, 6.45) is 2.21. The van der Waals surface area contributed by atoms with Gasteiger partial charge < -0.3 is 15.8 Å². The van der Waals surface area contributed by atoms with E-state index >= 15 is 0 Å². The van der Waals surface area contributed by atoms with Gasteiger partial charge in [-0.15, -0.1) is 0 Å². The molecule has 1 unspecified atom stereocenters. The van der Waals surface area contributed by atoms with Crippen molar-refractivity contribution in [2.75, 3.05) is 13.7 Å². The molecule has 0 bridgehead atoms. The van der Waals surface area contributed by atoms with Gasteiger partial charge in [-0.2, -0.15) is 0 Å². The maximum atomic E-state index is 6.24. The number of benzene rings is 1. The van der Waals surface area contributed by atoms with E-state index < -0.39 is 0 Å². The van der Waals surface area contributed by atoms with E-state index in [1.54, 1.807) is 0 Å². The van der Waals surface area contributed by atoms with Crippen molar-refractivity contribution in [3.63, 3.8) is 0 Å². The molecule has 16 heavy (non-hydrogen) atoms. The van der Waals surface area contributed by atoms with Gasteiger partial charge >= 0.3 is 0 Å². The fraction of sp³-hybridized carbons (Fsp3) is 0.538. The van der Waals surface area contributed by atoms with E-state index in [-0.39, 0.29) is 11.6 Å². The molecule has 0 aromatic heterocycles. The Bertz CT molecular complexity index is 343. The van der Waals surface area contributed by atoms with Crippen molar-refractivity contribution in [1.82, 2.24) is 5.32 Å². The average molecular weight is 220 g/mol. The molecule has 0 amide bonds. The maximum absolute atomic E-state index is 6.24. The highest BCUT2D eigenvalue weighted by atomic mass is 16.5. The molecule has 0 spiro atoms. The first kappa shape index (κ1) is 11.4. The lowest BCUT2D eigenvalue weighted by Gasteiger charge is -2.23. The van der Waals surface area contributed by atoms with Gasteiger partial charge in [0.25, 0.3) is 0 Å². The van der Waals surface area contributed by atoms with E-state index in [0.717, 1.165) is 18.6 Å². The fourth-order valence-electron chi connectivity index (χ4n) is 2.14. The molecule has 0 aliphatic heterocycles. The number of ether oxygens (including phenoxy) is 1. The van der Waals surface area contributed by atoms with E-state index in [9.17, 15) is 0 Å². The van der Waals surface area contributed by atoms with E-state index in [4.69, 9.17) is 10.5 Å². The Kier molecular flexibility index (Phi) is 3.17. The highest BCUT2D eigenvalue weighted by Gasteiger charge is 2.45. The normalized spacial score (nSPS) is 19.2. The lowest BCUT2D eigenvalue weighted by molar-refractivity contribution is 0.340. The van der Waals surface area contributed by atoms with E-state index in [2.05, 4.69) is 17.4 Å². The van der Waals surface area contributed by atoms with Crippen LogP contribution in [0.3, 0.4) is 0 Å². The van der Waals surface area contributed by atoms with E-state index in [0.29, 0.717) is 6.61 Å². The van der Waals surface area contributed by atoms with E-state index in [1.165, 1.54) is 5.56 Å². The van der Waals surface area contributed by atoms with Crippen molar-refractivity contribution in [3.05, 3.63) is 29.8 Å². The summed E-state index contributed by atoms with van der Waals surface area (Å²) in [6.45, 7) is 2.69. The van der Waals surface area contributed by atoms with Crippen LogP contribution >= 0.6 is 0 Å². The number of rotatable bonds is 5. The van der Waals surface area contributed by atoms with Crippen molar-refractivity contribution in [1.29, 1.82) is 0 Å². The molecule has 1 saturated carbocycles. The molecule has 1 aromatic carbocycles. The molecular formula is C13H20N2O. The van der Waals surface area contributed by atoms with Gasteiger partial charge in [0.2, 0.25) is 0 Å². The third-order valence-corrected chi connectivity index (χ3v) is 3.22. The van der Waals surface area contributed by atoms with Crippen molar-refractivity contribution < 1.29 is 4.74 Å². The Morgan fingerprint density at radius 1 is 1.38 bits per heavy atom. The molecule has 0 saturated heterocycles. The van der Waals surface area contributed by atoms with Gasteiger partial charge in [-0.05, 0) is 44.5 Å². The second-order valence-electron chi connectivity index (χ2n) is 4.46. The Morgan fingerprint density at radius 2 is 2.00 bits per heavy atom. The Labute approximate surface area is 97.0 Å². The summed E-state index contributed by atoms with van der Waals surface area (Å²) in [4.78, 5) is 0. The summed E-state index contributed by atoms with van der Waals surface area (Å²) < 4.78 is 5.42. The largest absolute Gasteiger partial charge is 0.494 e. The standard InChI is InChI=1S/C13H20N2O/c1-3-16-11-6-4-10(5-7-11)12(15-2)13(14)8-9-13/h4-7,12,15H,3,8-9,14H2,1-2H3. The molecule has 1 aliphatic carbocycles. The van der Waals surface area contributed by atoms with Crippen LogP contribution in [0, 0.1) is 0 Å². The van der Waals surface area contributed by atoms with Crippen LogP contribution in [0.15, 0.2) is 24.3 Å². The first-order chi connectivity index (χ1) is 7.69. The predicted octanol–water partition coefficient (Wildman–Crippen LogP) is 1.84. The number of likely N-dealkylation sites (N-methyl/N-ethyl adjacent to an activating group) is 1. The summed E-state index contributed by atoms with van der Waals surface area (Å²) in [5, 5.41) is 3.31. The van der Waals surface area contributed by atoms with E-state index in [1.807, 2.05) is 26.1 Å². The minimum absolute atomic E-state index is 0.0398. The van der Waals surface area contributed by atoms with Crippen LogP contribution in [0.4, 0.5) is 0 Å². The molecule has 3 heteroatoms. The highest BCUT2D eigenvalue weighted by molar-refractivity contribution is 5.32. The van der Waals surface area contributed by atoms with Crippen LogP contribution in [0.5, 0.6) is 5.75 Å². The Hall–Kier alpha value is -1.06. The Balaban J connectivity index is 2.13. The highest BCUT2D eigenvalue weighted by Crippen LogP contribution is 2.43.